The molecule has 0 bridgehead atoms. The van der Waals surface area contributed by atoms with E-state index < -0.39 is 6.04 Å². The van der Waals surface area contributed by atoms with Crippen molar-refractivity contribution >= 4 is 34.5 Å². The van der Waals surface area contributed by atoms with Crippen LogP contribution >= 0.6 is 11.8 Å². The lowest BCUT2D eigenvalue weighted by molar-refractivity contribution is -0.139. The Hall–Kier alpha value is -1.95. The summed E-state index contributed by atoms with van der Waals surface area (Å²) in [6, 6.07) is 7.60. The predicted octanol–water partition coefficient (Wildman–Crippen LogP) is 4.36. The second-order valence-electron chi connectivity index (χ2n) is 8.73. The van der Waals surface area contributed by atoms with E-state index in [2.05, 4.69) is 49.7 Å². The molecule has 0 aliphatic carbocycles. The quantitative estimate of drug-likeness (QED) is 0.731. The van der Waals surface area contributed by atoms with Crippen LogP contribution < -0.4 is 5.32 Å². The monoisotopic (exact) mass is 415 g/mol. The Morgan fingerprint density at radius 1 is 1.17 bits per heavy atom. The molecule has 1 aliphatic rings. The van der Waals surface area contributed by atoms with Crippen LogP contribution in [0.3, 0.4) is 0 Å². The number of nitrogens with zero attached hydrogens (tertiary/aromatic N) is 2. The van der Waals surface area contributed by atoms with E-state index in [-0.39, 0.29) is 11.8 Å². The minimum absolute atomic E-state index is 0.0416. The van der Waals surface area contributed by atoms with Gasteiger partial charge in [-0.05, 0) is 30.7 Å². The van der Waals surface area contributed by atoms with Gasteiger partial charge in [0.15, 0.2) is 0 Å². The lowest BCUT2D eigenvalue weighted by atomic mass is 10.0. The third-order valence-electron chi connectivity index (χ3n) is 5.55. The molecule has 0 unspecified atom stereocenters. The predicted molar refractivity (Wildman–Crippen MR) is 120 cm³/mol. The number of hydrogen-bond acceptors (Lipinski definition) is 3. The van der Waals surface area contributed by atoms with Crippen molar-refractivity contribution in [2.75, 3.05) is 18.8 Å². The molecule has 1 aromatic carbocycles. The Morgan fingerprint density at radius 3 is 2.55 bits per heavy atom. The van der Waals surface area contributed by atoms with Crippen molar-refractivity contribution in [1.29, 1.82) is 0 Å². The van der Waals surface area contributed by atoms with Crippen LogP contribution in [0.15, 0.2) is 29.3 Å². The van der Waals surface area contributed by atoms with Gasteiger partial charge in [-0.3, -0.25) is 9.59 Å². The number of para-hydroxylation sites is 1. The third kappa shape index (κ3) is 4.63. The van der Waals surface area contributed by atoms with Gasteiger partial charge in [0.1, 0.15) is 6.04 Å². The molecule has 158 valence electrons. The molecule has 1 aromatic heterocycles. The number of nitrogens with one attached hydrogen (secondary N) is 1. The molecule has 6 heteroatoms. The standard InChI is InChI=1S/C23H33N3O2S/c1-15(2)10-12-24-22(28)21-20-17-8-6-7-9-18(17)25(5)23(20)29-14-19(27)26(21)13-11-16(3)4/h6-9,15-16,21H,10-14H2,1-5H3,(H,24,28)/t21-/m0/s1. The molecule has 2 amide bonds. The average Bonchev–Trinajstić information content (AvgIpc) is 2.84. The van der Waals surface area contributed by atoms with Crippen molar-refractivity contribution in [1.82, 2.24) is 14.8 Å². The molecule has 29 heavy (non-hydrogen) atoms. The van der Waals surface area contributed by atoms with E-state index in [9.17, 15) is 9.59 Å². The van der Waals surface area contributed by atoms with Gasteiger partial charge in [-0.25, -0.2) is 0 Å². The summed E-state index contributed by atoms with van der Waals surface area (Å²) in [5, 5.41) is 5.20. The lowest BCUT2D eigenvalue weighted by Gasteiger charge is -2.30. The Kier molecular flexibility index (Phi) is 6.93. The molecule has 0 saturated carbocycles. The van der Waals surface area contributed by atoms with Crippen LogP contribution in [-0.2, 0) is 16.6 Å². The van der Waals surface area contributed by atoms with Crippen LogP contribution in [0, 0.1) is 11.8 Å². The van der Waals surface area contributed by atoms with Crippen molar-refractivity contribution < 1.29 is 9.59 Å². The highest BCUT2D eigenvalue weighted by atomic mass is 32.2. The maximum atomic E-state index is 13.4. The van der Waals surface area contributed by atoms with Gasteiger partial charge >= 0.3 is 0 Å². The number of rotatable bonds is 7. The zero-order valence-corrected chi connectivity index (χ0v) is 19.0. The van der Waals surface area contributed by atoms with Crippen molar-refractivity contribution in [3.8, 4) is 0 Å². The maximum Gasteiger partial charge on any atom is 0.247 e. The fourth-order valence-electron chi connectivity index (χ4n) is 3.86. The molecule has 2 heterocycles. The minimum Gasteiger partial charge on any atom is -0.354 e. The summed E-state index contributed by atoms with van der Waals surface area (Å²) in [5.41, 5.74) is 2.08. The summed E-state index contributed by atoms with van der Waals surface area (Å²) < 4.78 is 2.13. The molecule has 1 N–H and O–H groups in total. The summed E-state index contributed by atoms with van der Waals surface area (Å²) in [6.07, 6.45) is 1.81. The van der Waals surface area contributed by atoms with Gasteiger partial charge in [0.2, 0.25) is 11.8 Å². The van der Waals surface area contributed by atoms with Crippen molar-refractivity contribution in [2.45, 2.75) is 51.6 Å². The van der Waals surface area contributed by atoms with Gasteiger partial charge in [0.05, 0.1) is 10.8 Å². The highest BCUT2D eigenvalue weighted by molar-refractivity contribution is 8.00. The van der Waals surface area contributed by atoms with Crippen molar-refractivity contribution in [3.05, 3.63) is 29.8 Å². The topological polar surface area (TPSA) is 54.3 Å². The first-order chi connectivity index (χ1) is 13.8. The fourth-order valence-corrected chi connectivity index (χ4v) is 4.95. The number of thioether (sulfide) groups is 1. The van der Waals surface area contributed by atoms with Crippen LogP contribution in [0.4, 0.5) is 0 Å². The Labute approximate surface area is 178 Å². The number of benzene rings is 1. The third-order valence-corrected chi connectivity index (χ3v) is 6.70. The van der Waals surface area contributed by atoms with E-state index in [0.717, 1.165) is 34.3 Å². The van der Waals surface area contributed by atoms with E-state index in [1.807, 2.05) is 24.1 Å². The maximum absolute atomic E-state index is 13.4. The molecule has 0 saturated heterocycles. The van der Waals surface area contributed by atoms with Crippen LogP contribution in [0.25, 0.3) is 10.9 Å². The Bertz CT molecular complexity index is 888. The molecule has 1 aliphatic heterocycles. The molecule has 2 aromatic rings. The summed E-state index contributed by atoms with van der Waals surface area (Å²) in [5.74, 6) is 1.33. The summed E-state index contributed by atoms with van der Waals surface area (Å²) in [4.78, 5) is 28.3. The first kappa shape index (κ1) is 21.8. The highest BCUT2D eigenvalue weighted by Crippen LogP contribution is 2.41. The van der Waals surface area contributed by atoms with Gasteiger partial charge < -0.3 is 14.8 Å². The normalized spacial score (nSPS) is 17.1. The number of carbonyl (C=O) groups is 2. The molecule has 3 rings (SSSR count). The number of carbonyl (C=O) groups excluding carboxylic acids is 2. The molecule has 0 radical (unpaired) electrons. The highest BCUT2D eigenvalue weighted by Gasteiger charge is 2.38. The zero-order chi connectivity index (χ0) is 21.1. The summed E-state index contributed by atoms with van der Waals surface area (Å²) in [6.45, 7) is 9.83. The van der Waals surface area contributed by atoms with Gasteiger partial charge in [0, 0.05) is 36.6 Å². The van der Waals surface area contributed by atoms with E-state index in [0.29, 0.717) is 30.7 Å². The molecule has 0 fully saturated rings. The van der Waals surface area contributed by atoms with E-state index in [4.69, 9.17) is 0 Å². The first-order valence-corrected chi connectivity index (χ1v) is 11.6. The smallest absolute Gasteiger partial charge is 0.247 e. The number of amides is 2. The van der Waals surface area contributed by atoms with E-state index >= 15 is 0 Å². The van der Waals surface area contributed by atoms with Crippen molar-refractivity contribution in [3.63, 3.8) is 0 Å². The number of aromatic nitrogens is 1. The summed E-state index contributed by atoms with van der Waals surface area (Å²) >= 11 is 1.55. The Morgan fingerprint density at radius 2 is 1.86 bits per heavy atom. The van der Waals surface area contributed by atoms with Crippen molar-refractivity contribution in [2.24, 2.45) is 18.9 Å². The number of hydrogen-bond donors (Lipinski definition) is 1. The van der Waals surface area contributed by atoms with Crippen LogP contribution in [0.2, 0.25) is 0 Å². The van der Waals surface area contributed by atoms with Gasteiger partial charge in [-0.1, -0.05) is 57.7 Å². The zero-order valence-electron chi connectivity index (χ0n) is 18.2. The lowest BCUT2D eigenvalue weighted by Crippen LogP contribution is -2.44. The van der Waals surface area contributed by atoms with Crippen LogP contribution in [0.5, 0.6) is 0 Å². The van der Waals surface area contributed by atoms with E-state index in [1.54, 1.807) is 11.8 Å². The molecule has 5 nitrogen and oxygen atoms in total. The average molecular weight is 416 g/mol. The Balaban J connectivity index is 2.06. The number of aryl methyl sites for hydroxylation is 1. The van der Waals surface area contributed by atoms with Crippen LogP contribution in [-0.4, -0.2) is 40.1 Å². The second-order valence-corrected chi connectivity index (χ2v) is 9.69. The molecule has 0 spiro atoms. The molecular formula is C23H33N3O2S. The van der Waals surface area contributed by atoms with Gasteiger partial charge in [0.25, 0.3) is 0 Å². The van der Waals surface area contributed by atoms with Crippen LogP contribution in [0.1, 0.15) is 52.1 Å². The van der Waals surface area contributed by atoms with E-state index in [1.165, 1.54) is 0 Å². The van der Waals surface area contributed by atoms with Gasteiger partial charge in [-0.15, -0.1) is 0 Å². The summed E-state index contributed by atoms with van der Waals surface area (Å²) in [7, 11) is 2.02. The molecular weight excluding hydrogens is 382 g/mol. The first-order valence-electron chi connectivity index (χ1n) is 10.6. The number of fused-ring (bicyclic) bond motifs is 3. The second kappa shape index (κ2) is 9.24. The van der Waals surface area contributed by atoms with Gasteiger partial charge in [-0.2, -0.15) is 0 Å². The largest absolute Gasteiger partial charge is 0.354 e. The molecule has 1 atom stereocenters. The minimum atomic E-state index is -0.579. The SMILES string of the molecule is CC(C)CCNC(=O)[C@@H]1c2c(n(C)c3ccccc23)SCC(=O)N1CCC(C)C. The fraction of sp³-hybridized carbons (Fsp3) is 0.565.